The molecule has 0 bridgehead atoms. The fourth-order valence-electron chi connectivity index (χ4n) is 2.47. The van der Waals surface area contributed by atoms with Gasteiger partial charge in [-0.3, -0.25) is 4.90 Å². The van der Waals surface area contributed by atoms with E-state index < -0.39 is 6.10 Å². The summed E-state index contributed by atoms with van der Waals surface area (Å²) in [4.78, 5) is 2.03. The number of halogens is 1. The molecular formula is C19H25ClNO3-. The van der Waals surface area contributed by atoms with E-state index in [1.807, 2.05) is 66.4 Å². The minimum atomic E-state index is -0.607. The van der Waals surface area contributed by atoms with Gasteiger partial charge in [0.1, 0.15) is 18.5 Å². The van der Waals surface area contributed by atoms with Gasteiger partial charge < -0.3 is 27.4 Å². The Balaban J connectivity index is 0.00000288. The van der Waals surface area contributed by atoms with Gasteiger partial charge in [-0.1, -0.05) is 48.5 Å². The summed E-state index contributed by atoms with van der Waals surface area (Å²) in [5.41, 5.74) is 2.21. The number of aliphatic hydroxyl groups excluding tert-OH is 2. The van der Waals surface area contributed by atoms with E-state index in [1.54, 1.807) is 0 Å². The van der Waals surface area contributed by atoms with Gasteiger partial charge in [0.25, 0.3) is 0 Å². The molecule has 24 heavy (non-hydrogen) atoms. The maximum Gasteiger partial charge on any atom is 0.122 e. The highest BCUT2D eigenvalue weighted by Gasteiger charge is 2.13. The van der Waals surface area contributed by atoms with Crippen LogP contribution in [0.25, 0.3) is 0 Å². The third-order valence-electron chi connectivity index (χ3n) is 3.66. The van der Waals surface area contributed by atoms with Gasteiger partial charge in [-0.15, -0.1) is 0 Å². The van der Waals surface area contributed by atoms with Gasteiger partial charge >= 0.3 is 0 Å². The highest BCUT2D eigenvalue weighted by molar-refractivity contribution is 5.31. The Morgan fingerprint density at radius 3 is 2.38 bits per heavy atom. The lowest BCUT2D eigenvalue weighted by Crippen LogP contribution is -3.00. The van der Waals surface area contributed by atoms with Crippen molar-refractivity contribution in [3.8, 4) is 5.75 Å². The average molecular weight is 351 g/mol. The third-order valence-corrected chi connectivity index (χ3v) is 3.66. The first-order valence-corrected chi connectivity index (χ1v) is 7.92. The van der Waals surface area contributed by atoms with Crippen molar-refractivity contribution in [2.45, 2.75) is 19.6 Å². The molecule has 4 nitrogen and oxygen atoms in total. The first-order chi connectivity index (χ1) is 11.2. The van der Waals surface area contributed by atoms with Crippen molar-refractivity contribution in [1.82, 2.24) is 4.90 Å². The predicted octanol–water partition coefficient (Wildman–Crippen LogP) is -0.767. The number of aryl methyl sites for hydroxylation is 1. The predicted molar refractivity (Wildman–Crippen MR) is 91.5 cm³/mol. The molecule has 0 aliphatic carbocycles. The highest BCUT2D eigenvalue weighted by Crippen LogP contribution is 2.16. The van der Waals surface area contributed by atoms with E-state index >= 15 is 0 Å². The second-order valence-corrected chi connectivity index (χ2v) is 5.67. The lowest BCUT2D eigenvalue weighted by atomic mass is 10.2. The summed E-state index contributed by atoms with van der Waals surface area (Å²) in [5.74, 6) is 0.795. The molecule has 0 saturated carbocycles. The van der Waals surface area contributed by atoms with Gasteiger partial charge in [-0.05, 0) is 24.1 Å². The molecule has 0 saturated heterocycles. The van der Waals surface area contributed by atoms with Gasteiger partial charge in [0.2, 0.25) is 0 Å². The SMILES string of the molecule is Cc1ccccc1OCC(O)CN(CCO)Cc1ccccc1.[Cl-]. The van der Waals surface area contributed by atoms with Crippen molar-refractivity contribution in [1.29, 1.82) is 0 Å². The number of benzene rings is 2. The number of rotatable bonds is 9. The van der Waals surface area contributed by atoms with Crippen LogP contribution in [-0.4, -0.2) is 47.5 Å². The summed E-state index contributed by atoms with van der Waals surface area (Å²) in [6.45, 7) is 3.97. The Bertz CT molecular complexity index is 580. The van der Waals surface area contributed by atoms with Crippen LogP contribution in [0, 0.1) is 6.92 Å². The van der Waals surface area contributed by atoms with Crippen LogP contribution in [0.1, 0.15) is 11.1 Å². The van der Waals surface area contributed by atoms with Crippen molar-refractivity contribution in [2.24, 2.45) is 0 Å². The molecule has 2 aromatic carbocycles. The molecule has 0 aliphatic rings. The first kappa shape index (κ1) is 20.5. The van der Waals surface area contributed by atoms with Gasteiger partial charge in [-0.25, -0.2) is 0 Å². The summed E-state index contributed by atoms with van der Waals surface area (Å²) in [6.07, 6.45) is -0.607. The van der Waals surface area contributed by atoms with Crippen molar-refractivity contribution in [3.63, 3.8) is 0 Å². The lowest BCUT2D eigenvalue weighted by Gasteiger charge is -2.24. The van der Waals surface area contributed by atoms with Crippen molar-refractivity contribution in [2.75, 3.05) is 26.3 Å². The number of hydrogen-bond acceptors (Lipinski definition) is 4. The maximum absolute atomic E-state index is 10.2. The van der Waals surface area contributed by atoms with Crippen LogP contribution in [0.4, 0.5) is 0 Å². The molecule has 0 fully saturated rings. The molecule has 0 radical (unpaired) electrons. The molecule has 5 heteroatoms. The number of nitrogens with zero attached hydrogens (tertiary/aromatic N) is 1. The molecule has 0 amide bonds. The zero-order valence-corrected chi connectivity index (χ0v) is 14.7. The molecule has 1 atom stereocenters. The first-order valence-electron chi connectivity index (χ1n) is 7.92. The average Bonchev–Trinajstić information content (AvgIpc) is 2.55. The number of aliphatic hydroxyl groups is 2. The molecule has 0 aliphatic heterocycles. The van der Waals surface area contributed by atoms with E-state index in [2.05, 4.69) is 0 Å². The van der Waals surface area contributed by atoms with E-state index in [4.69, 9.17) is 4.74 Å². The molecule has 0 spiro atoms. The minimum absolute atomic E-state index is 0. The van der Waals surface area contributed by atoms with Crippen LogP contribution in [0.5, 0.6) is 5.75 Å². The Kier molecular flexibility index (Phi) is 9.42. The van der Waals surface area contributed by atoms with Crippen LogP contribution < -0.4 is 17.1 Å². The third kappa shape index (κ3) is 6.89. The maximum atomic E-state index is 10.2. The van der Waals surface area contributed by atoms with Crippen molar-refractivity contribution >= 4 is 0 Å². The van der Waals surface area contributed by atoms with E-state index in [0.29, 0.717) is 19.6 Å². The summed E-state index contributed by atoms with van der Waals surface area (Å²) < 4.78 is 5.69. The van der Waals surface area contributed by atoms with Crippen LogP contribution in [0.15, 0.2) is 54.6 Å². The number of para-hydroxylation sites is 1. The Labute approximate surface area is 150 Å². The highest BCUT2D eigenvalue weighted by atomic mass is 35.5. The zero-order chi connectivity index (χ0) is 16.5. The standard InChI is InChI=1S/C19H25NO3.ClH/c1-16-7-5-6-10-19(16)23-15-18(22)14-20(11-12-21)13-17-8-3-2-4-9-17;/h2-10,18,21-22H,11-15H2,1H3;1H/p-1. The minimum Gasteiger partial charge on any atom is -1.00 e. The summed E-state index contributed by atoms with van der Waals surface area (Å²) in [5, 5.41) is 19.4. The normalized spacial score (nSPS) is 11.8. The van der Waals surface area contributed by atoms with Crippen molar-refractivity contribution < 1.29 is 27.4 Å². The van der Waals surface area contributed by atoms with Gasteiger partial charge in [0.15, 0.2) is 0 Å². The summed E-state index contributed by atoms with van der Waals surface area (Å²) in [7, 11) is 0. The molecular weight excluding hydrogens is 326 g/mol. The van der Waals surface area contributed by atoms with E-state index in [1.165, 1.54) is 0 Å². The van der Waals surface area contributed by atoms with Crippen LogP contribution >= 0.6 is 0 Å². The van der Waals surface area contributed by atoms with Crippen LogP contribution in [0.2, 0.25) is 0 Å². The summed E-state index contributed by atoms with van der Waals surface area (Å²) in [6, 6.07) is 17.8. The quantitative estimate of drug-likeness (QED) is 0.624. The second-order valence-electron chi connectivity index (χ2n) is 5.67. The zero-order valence-electron chi connectivity index (χ0n) is 13.9. The molecule has 2 N–H and O–H groups in total. The number of hydrogen-bond donors (Lipinski definition) is 2. The fourth-order valence-corrected chi connectivity index (χ4v) is 2.47. The molecule has 2 rings (SSSR count). The fraction of sp³-hybridized carbons (Fsp3) is 0.368. The largest absolute Gasteiger partial charge is 1.00 e. The second kappa shape index (κ2) is 11.0. The molecule has 1 unspecified atom stereocenters. The van der Waals surface area contributed by atoms with E-state index in [-0.39, 0.29) is 25.6 Å². The monoisotopic (exact) mass is 350 g/mol. The Morgan fingerprint density at radius 2 is 1.71 bits per heavy atom. The smallest absolute Gasteiger partial charge is 0.122 e. The topological polar surface area (TPSA) is 52.9 Å². The van der Waals surface area contributed by atoms with Gasteiger partial charge in [-0.2, -0.15) is 0 Å². The van der Waals surface area contributed by atoms with Gasteiger partial charge in [0.05, 0.1) is 6.61 Å². The molecule has 0 aromatic heterocycles. The molecule has 2 aromatic rings. The molecule has 0 heterocycles. The van der Waals surface area contributed by atoms with Gasteiger partial charge in [0, 0.05) is 19.6 Å². The lowest BCUT2D eigenvalue weighted by molar-refractivity contribution is -0.00000949. The molecule has 132 valence electrons. The Hall–Kier alpha value is -1.59. The van der Waals surface area contributed by atoms with E-state index in [0.717, 1.165) is 16.9 Å². The van der Waals surface area contributed by atoms with E-state index in [9.17, 15) is 10.2 Å². The van der Waals surface area contributed by atoms with Crippen LogP contribution in [-0.2, 0) is 6.54 Å². The number of ether oxygens (including phenoxy) is 1. The van der Waals surface area contributed by atoms with Crippen molar-refractivity contribution in [3.05, 3.63) is 65.7 Å². The Morgan fingerprint density at radius 1 is 1.04 bits per heavy atom. The van der Waals surface area contributed by atoms with Crippen LogP contribution in [0.3, 0.4) is 0 Å². The summed E-state index contributed by atoms with van der Waals surface area (Å²) >= 11 is 0.